The van der Waals surface area contributed by atoms with Crippen LogP contribution in [-0.2, 0) is 0 Å². The largest absolute Gasteiger partial charge is 0.493 e. The van der Waals surface area contributed by atoms with Gasteiger partial charge in [-0.15, -0.1) is 0 Å². The molecule has 0 fully saturated rings. The van der Waals surface area contributed by atoms with E-state index < -0.39 is 0 Å². The van der Waals surface area contributed by atoms with E-state index in [4.69, 9.17) is 26.4 Å². The molecule has 0 spiro atoms. The number of hydrogen-bond donors (Lipinski definition) is 3. The molecule has 23 heavy (non-hydrogen) atoms. The number of methoxy groups -OCH3 is 1. The lowest BCUT2D eigenvalue weighted by molar-refractivity contribution is 0.0941. The lowest BCUT2D eigenvalue weighted by atomic mass is 10.1. The summed E-state index contributed by atoms with van der Waals surface area (Å²) in [5, 5.41) is 3.36. The summed E-state index contributed by atoms with van der Waals surface area (Å²) >= 11 is 5.11. The Hall–Kier alpha value is -2.22. The SMILES string of the molecule is COc1cc(C(=O)NNC(=S)NC(C)(C)C)cc2c1OCCO2. The van der Waals surface area contributed by atoms with E-state index in [0.29, 0.717) is 41.1 Å². The molecule has 1 amide bonds. The Labute approximate surface area is 140 Å². The average Bonchev–Trinajstić information content (AvgIpc) is 2.49. The molecule has 8 heteroatoms. The molecule has 0 aromatic heterocycles. The molecule has 0 unspecified atom stereocenters. The highest BCUT2D eigenvalue weighted by Crippen LogP contribution is 2.40. The molecule has 1 aromatic rings. The highest BCUT2D eigenvalue weighted by molar-refractivity contribution is 7.80. The molecule has 1 aliphatic heterocycles. The number of benzene rings is 1. The van der Waals surface area contributed by atoms with Gasteiger partial charge in [-0.3, -0.25) is 15.6 Å². The number of carbonyl (C=O) groups is 1. The van der Waals surface area contributed by atoms with Crippen molar-refractivity contribution >= 4 is 23.2 Å². The predicted molar refractivity (Wildman–Crippen MR) is 90.1 cm³/mol. The van der Waals surface area contributed by atoms with Crippen molar-refractivity contribution in [3.8, 4) is 17.2 Å². The van der Waals surface area contributed by atoms with E-state index in [0.717, 1.165) is 0 Å². The second kappa shape index (κ2) is 6.91. The van der Waals surface area contributed by atoms with E-state index in [2.05, 4.69) is 16.2 Å². The number of amides is 1. The number of fused-ring (bicyclic) bond motifs is 1. The maximum atomic E-state index is 12.3. The number of thiocarbonyl (C=S) groups is 1. The van der Waals surface area contributed by atoms with Crippen LogP contribution in [0, 0.1) is 0 Å². The van der Waals surface area contributed by atoms with Crippen LogP contribution in [0.4, 0.5) is 0 Å². The Morgan fingerprint density at radius 3 is 2.57 bits per heavy atom. The minimum atomic E-state index is -0.363. The van der Waals surface area contributed by atoms with Crippen LogP contribution in [-0.4, -0.2) is 36.9 Å². The lowest BCUT2D eigenvalue weighted by Crippen LogP contribution is -2.52. The molecule has 1 heterocycles. The molecular formula is C15H21N3O4S. The van der Waals surface area contributed by atoms with Gasteiger partial charge < -0.3 is 19.5 Å². The number of rotatable bonds is 2. The Kier molecular flexibility index (Phi) is 5.15. The fraction of sp³-hybridized carbons (Fsp3) is 0.467. The number of hydrazine groups is 1. The van der Waals surface area contributed by atoms with Crippen LogP contribution < -0.4 is 30.4 Å². The first-order valence-corrected chi connectivity index (χ1v) is 7.57. The molecular weight excluding hydrogens is 318 g/mol. The predicted octanol–water partition coefficient (Wildman–Crippen LogP) is 1.37. The van der Waals surface area contributed by atoms with E-state index >= 15 is 0 Å². The van der Waals surface area contributed by atoms with Crippen molar-refractivity contribution in [2.45, 2.75) is 26.3 Å². The topological polar surface area (TPSA) is 80.9 Å². The Morgan fingerprint density at radius 2 is 1.91 bits per heavy atom. The second-order valence-electron chi connectivity index (χ2n) is 5.99. The first-order valence-electron chi connectivity index (χ1n) is 7.16. The fourth-order valence-corrected chi connectivity index (χ4v) is 2.32. The van der Waals surface area contributed by atoms with Crippen molar-refractivity contribution in [3.05, 3.63) is 17.7 Å². The zero-order valence-electron chi connectivity index (χ0n) is 13.6. The number of hydrogen-bond acceptors (Lipinski definition) is 5. The van der Waals surface area contributed by atoms with Gasteiger partial charge in [0.1, 0.15) is 13.2 Å². The van der Waals surface area contributed by atoms with Crippen LogP contribution in [0.2, 0.25) is 0 Å². The van der Waals surface area contributed by atoms with Crippen molar-refractivity contribution in [1.82, 2.24) is 16.2 Å². The van der Waals surface area contributed by atoms with Gasteiger partial charge in [0.2, 0.25) is 5.75 Å². The maximum absolute atomic E-state index is 12.3. The molecule has 3 N–H and O–H groups in total. The van der Waals surface area contributed by atoms with Gasteiger partial charge in [0, 0.05) is 11.1 Å². The summed E-state index contributed by atoms with van der Waals surface area (Å²) in [5.74, 6) is 1.07. The third kappa shape index (κ3) is 4.62. The fourth-order valence-electron chi connectivity index (χ4n) is 1.96. The highest BCUT2D eigenvalue weighted by atomic mass is 32.1. The highest BCUT2D eigenvalue weighted by Gasteiger charge is 2.21. The van der Waals surface area contributed by atoms with Gasteiger partial charge in [0.15, 0.2) is 16.6 Å². The molecule has 126 valence electrons. The number of carbonyl (C=O) groups excluding carboxylic acids is 1. The summed E-state index contributed by atoms with van der Waals surface area (Å²) in [6.45, 7) is 6.78. The zero-order valence-corrected chi connectivity index (χ0v) is 14.4. The van der Waals surface area contributed by atoms with Crippen molar-refractivity contribution < 1.29 is 19.0 Å². The van der Waals surface area contributed by atoms with E-state index in [-0.39, 0.29) is 11.4 Å². The van der Waals surface area contributed by atoms with E-state index in [1.165, 1.54) is 7.11 Å². The van der Waals surface area contributed by atoms with Crippen molar-refractivity contribution in [1.29, 1.82) is 0 Å². The van der Waals surface area contributed by atoms with E-state index in [9.17, 15) is 4.79 Å². The molecule has 0 radical (unpaired) electrons. The third-order valence-corrected chi connectivity index (χ3v) is 3.07. The smallest absolute Gasteiger partial charge is 0.269 e. The third-order valence-electron chi connectivity index (χ3n) is 2.87. The summed E-state index contributed by atoms with van der Waals surface area (Å²) < 4.78 is 16.3. The van der Waals surface area contributed by atoms with Crippen LogP contribution in [0.3, 0.4) is 0 Å². The lowest BCUT2D eigenvalue weighted by Gasteiger charge is -2.23. The van der Waals surface area contributed by atoms with Gasteiger partial charge in [-0.05, 0) is 45.1 Å². The molecule has 1 aliphatic rings. The molecule has 0 atom stereocenters. The van der Waals surface area contributed by atoms with E-state index in [1.54, 1.807) is 12.1 Å². The number of ether oxygens (including phenoxy) is 3. The van der Waals surface area contributed by atoms with Crippen LogP contribution in [0.25, 0.3) is 0 Å². The van der Waals surface area contributed by atoms with Gasteiger partial charge >= 0.3 is 0 Å². The minimum absolute atomic E-state index is 0.199. The molecule has 1 aromatic carbocycles. The second-order valence-corrected chi connectivity index (χ2v) is 6.39. The molecule has 2 rings (SSSR count). The summed E-state index contributed by atoms with van der Waals surface area (Å²) in [5.41, 5.74) is 5.37. The molecule has 0 bridgehead atoms. The minimum Gasteiger partial charge on any atom is -0.493 e. The first kappa shape index (κ1) is 17.1. The first-order chi connectivity index (χ1) is 10.8. The summed E-state index contributed by atoms with van der Waals surface area (Å²) in [6, 6.07) is 3.19. The van der Waals surface area contributed by atoms with Gasteiger partial charge in [-0.25, -0.2) is 0 Å². The Bertz CT molecular complexity index is 596. The Balaban J connectivity index is 2.06. The van der Waals surface area contributed by atoms with Gasteiger partial charge in [0.05, 0.1) is 7.11 Å². The monoisotopic (exact) mass is 339 g/mol. The summed E-state index contributed by atoms with van der Waals surface area (Å²) in [4.78, 5) is 12.3. The molecule has 7 nitrogen and oxygen atoms in total. The van der Waals surface area contributed by atoms with Gasteiger partial charge in [-0.2, -0.15) is 0 Å². The summed E-state index contributed by atoms with van der Waals surface area (Å²) in [7, 11) is 1.51. The van der Waals surface area contributed by atoms with Crippen molar-refractivity contribution in [2.24, 2.45) is 0 Å². The average molecular weight is 339 g/mol. The zero-order chi connectivity index (χ0) is 17.0. The van der Waals surface area contributed by atoms with Crippen LogP contribution in [0.15, 0.2) is 12.1 Å². The quantitative estimate of drug-likeness (QED) is 0.555. The van der Waals surface area contributed by atoms with Crippen LogP contribution in [0.1, 0.15) is 31.1 Å². The van der Waals surface area contributed by atoms with Crippen molar-refractivity contribution in [2.75, 3.05) is 20.3 Å². The van der Waals surface area contributed by atoms with Crippen LogP contribution in [0.5, 0.6) is 17.2 Å². The Morgan fingerprint density at radius 1 is 1.22 bits per heavy atom. The van der Waals surface area contributed by atoms with E-state index in [1.807, 2.05) is 20.8 Å². The van der Waals surface area contributed by atoms with Crippen molar-refractivity contribution in [3.63, 3.8) is 0 Å². The number of nitrogens with one attached hydrogen (secondary N) is 3. The van der Waals surface area contributed by atoms with Crippen LogP contribution >= 0.6 is 12.2 Å². The summed E-state index contributed by atoms with van der Waals surface area (Å²) in [6.07, 6.45) is 0. The molecule has 0 saturated heterocycles. The standard InChI is InChI=1S/C15H21N3O4S/c1-15(2,3)16-14(23)18-17-13(19)9-7-10(20-4)12-11(8-9)21-5-6-22-12/h7-8H,5-6H2,1-4H3,(H,17,19)(H2,16,18,23). The maximum Gasteiger partial charge on any atom is 0.269 e. The van der Waals surface area contributed by atoms with Gasteiger partial charge in [-0.1, -0.05) is 0 Å². The molecule has 0 saturated carbocycles. The van der Waals surface area contributed by atoms with Gasteiger partial charge in [0.25, 0.3) is 5.91 Å². The normalized spacial score (nSPS) is 13.0. The molecule has 0 aliphatic carbocycles.